The van der Waals surface area contributed by atoms with Gasteiger partial charge in [-0.2, -0.15) is 0 Å². The van der Waals surface area contributed by atoms with Gasteiger partial charge < -0.3 is 10.1 Å². The van der Waals surface area contributed by atoms with Crippen molar-refractivity contribution in [3.8, 4) is 5.75 Å². The van der Waals surface area contributed by atoms with Crippen molar-refractivity contribution in [2.45, 2.75) is 19.3 Å². The minimum atomic E-state index is 0.510. The zero-order valence-electron chi connectivity index (χ0n) is 9.72. The number of halogens is 2. The fourth-order valence-corrected chi connectivity index (χ4v) is 2.45. The molecule has 4 heteroatoms. The Bertz CT molecular complexity index is 364. The molecular formula is C13H17Cl2NO. The number of nitrogens with one attached hydrogen (secondary N) is 1. The lowest BCUT2D eigenvalue weighted by molar-refractivity contribution is 0.254. The van der Waals surface area contributed by atoms with E-state index in [2.05, 4.69) is 5.32 Å². The van der Waals surface area contributed by atoms with Gasteiger partial charge in [-0.15, -0.1) is 0 Å². The van der Waals surface area contributed by atoms with E-state index in [4.69, 9.17) is 27.9 Å². The number of rotatable bonds is 4. The first-order valence-electron chi connectivity index (χ1n) is 6.05. The van der Waals surface area contributed by atoms with Crippen molar-refractivity contribution >= 4 is 23.2 Å². The number of hydrogen-bond acceptors (Lipinski definition) is 2. The van der Waals surface area contributed by atoms with Crippen LogP contribution in [0, 0.1) is 5.92 Å². The molecule has 1 aliphatic heterocycles. The average Bonchev–Trinajstić information content (AvgIpc) is 2.36. The van der Waals surface area contributed by atoms with Gasteiger partial charge in [-0.3, -0.25) is 0 Å². The Hall–Kier alpha value is -0.440. The summed E-state index contributed by atoms with van der Waals surface area (Å²) in [5.41, 5.74) is 0. The summed E-state index contributed by atoms with van der Waals surface area (Å²) in [5, 5.41) is 4.46. The van der Waals surface area contributed by atoms with Gasteiger partial charge in [-0.25, -0.2) is 0 Å². The van der Waals surface area contributed by atoms with Gasteiger partial charge in [0.25, 0.3) is 0 Å². The molecule has 2 nitrogen and oxygen atoms in total. The molecule has 1 aromatic carbocycles. The molecule has 2 rings (SSSR count). The highest BCUT2D eigenvalue weighted by molar-refractivity contribution is 6.42. The second-order valence-corrected chi connectivity index (χ2v) is 5.19. The van der Waals surface area contributed by atoms with Crippen LogP contribution >= 0.6 is 23.2 Å². The van der Waals surface area contributed by atoms with Crippen molar-refractivity contribution in [1.82, 2.24) is 5.32 Å². The normalized spacial score (nSPS) is 20.2. The zero-order valence-corrected chi connectivity index (χ0v) is 11.2. The first kappa shape index (κ1) is 13.0. The maximum absolute atomic E-state index is 6.05. The first-order valence-corrected chi connectivity index (χ1v) is 6.80. The smallest absolute Gasteiger partial charge is 0.139 e. The number of hydrogen-bond donors (Lipinski definition) is 1. The Labute approximate surface area is 112 Å². The van der Waals surface area contributed by atoms with Crippen molar-refractivity contribution in [2.75, 3.05) is 19.7 Å². The molecule has 1 saturated heterocycles. The molecule has 17 heavy (non-hydrogen) atoms. The average molecular weight is 274 g/mol. The maximum atomic E-state index is 6.05. The SMILES string of the molecule is Clc1cccc(OCC[C@H]2CCCNC2)c1Cl. The minimum Gasteiger partial charge on any atom is -0.492 e. The van der Waals surface area contributed by atoms with Crippen LogP contribution in [-0.4, -0.2) is 19.7 Å². The third-order valence-electron chi connectivity index (χ3n) is 3.10. The topological polar surface area (TPSA) is 21.3 Å². The minimum absolute atomic E-state index is 0.510. The van der Waals surface area contributed by atoms with E-state index in [9.17, 15) is 0 Å². The predicted molar refractivity (Wildman–Crippen MR) is 72.2 cm³/mol. The van der Waals surface area contributed by atoms with Crippen molar-refractivity contribution in [3.63, 3.8) is 0 Å². The second kappa shape index (κ2) is 6.48. The molecule has 1 aliphatic rings. The van der Waals surface area contributed by atoms with Crippen LogP contribution in [0.15, 0.2) is 18.2 Å². The highest BCUT2D eigenvalue weighted by atomic mass is 35.5. The van der Waals surface area contributed by atoms with Gasteiger partial charge in [0.05, 0.1) is 11.6 Å². The lowest BCUT2D eigenvalue weighted by Crippen LogP contribution is -2.30. The summed E-state index contributed by atoms with van der Waals surface area (Å²) >= 11 is 12.0. The van der Waals surface area contributed by atoms with E-state index in [1.54, 1.807) is 6.07 Å². The van der Waals surface area contributed by atoms with Gasteiger partial charge in [0.15, 0.2) is 0 Å². The molecule has 0 aromatic heterocycles. The van der Waals surface area contributed by atoms with Crippen LogP contribution in [0.1, 0.15) is 19.3 Å². The van der Waals surface area contributed by atoms with Crippen molar-refractivity contribution in [1.29, 1.82) is 0 Å². The second-order valence-electron chi connectivity index (χ2n) is 4.40. The molecule has 0 bridgehead atoms. The fraction of sp³-hybridized carbons (Fsp3) is 0.538. The number of ether oxygens (including phenoxy) is 1. The van der Waals surface area contributed by atoms with E-state index in [1.165, 1.54) is 12.8 Å². The number of piperidine rings is 1. The van der Waals surface area contributed by atoms with Gasteiger partial charge in [-0.1, -0.05) is 29.3 Å². The van der Waals surface area contributed by atoms with Crippen LogP contribution < -0.4 is 10.1 Å². The summed E-state index contributed by atoms with van der Waals surface area (Å²) < 4.78 is 5.68. The van der Waals surface area contributed by atoms with Crippen LogP contribution in [0.4, 0.5) is 0 Å². The molecule has 0 spiro atoms. The largest absolute Gasteiger partial charge is 0.492 e. The summed E-state index contributed by atoms with van der Waals surface area (Å²) in [6, 6.07) is 5.47. The van der Waals surface area contributed by atoms with Crippen LogP contribution in [0.25, 0.3) is 0 Å². The summed E-state index contributed by atoms with van der Waals surface area (Å²) in [5.74, 6) is 1.41. The lowest BCUT2D eigenvalue weighted by atomic mass is 9.97. The van der Waals surface area contributed by atoms with Gasteiger partial charge in [0.2, 0.25) is 0 Å². The molecule has 0 unspecified atom stereocenters. The number of benzene rings is 1. The van der Waals surface area contributed by atoms with Crippen molar-refractivity contribution in [2.24, 2.45) is 5.92 Å². The summed E-state index contributed by atoms with van der Waals surface area (Å²) in [7, 11) is 0. The monoisotopic (exact) mass is 273 g/mol. The molecule has 0 aliphatic carbocycles. The summed E-state index contributed by atoms with van der Waals surface area (Å²) in [6.07, 6.45) is 3.62. The van der Waals surface area contributed by atoms with E-state index in [1.807, 2.05) is 12.1 Å². The standard InChI is InChI=1S/C13H17Cl2NO/c14-11-4-1-5-12(13(11)15)17-8-6-10-3-2-7-16-9-10/h1,4-5,10,16H,2-3,6-9H2/t10-/m1/s1. The van der Waals surface area contributed by atoms with Gasteiger partial charge >= 0.3 is 0 Å². The van der Waals surface area contributed by atoms with Crippen LogP contribution in [-0.2, 0) is 0 Å². The molecule has 1 heterocycles. The Balaban J connectivity index is 1.79. The van der Waals surface area contributed by atoms with E-state index >= 15 is 0 Å². The molecular weight excluding hydrogens is 257 g/mol. The molecule has 0 saturated carbocycles. The summed E-state index contributed by atoms with van der Waals surface area (Å²) in [6.45, 7) is 2.95. The first-order chi connectivity index (χ1) is 8.27. The molecule has 94 valence electrons. The quantitative estimate of drug-likeness (QED) is 0.902. The Morgan fingerprint density at radius 2 is 2.24 bits per heavy atom. The van der Waals surface area contributed by atoms with Gasteiger partial charge in [0.1, 0.15) is 10.8 Å². The van der Waals surface area contributed by atoms with Crippen molar-refractivity contribution in [3.05, 3.63) is 28.2 Å². The zero-order chi connectivity index (χ0) is 12.1. The predicted octanol–water partition coefficient (Wildman–Crippen LogP) is 3.76. The van der Waals surface area contributed by atoms with Gasteiger partial charge in [-0.05, 0) is 50.4 Å². The van der Waals surface area contributed by atoms with E-state index in [0.717, 1.165) is 25.4 Å². The van der Waals surface area contributed by atoms with E-state index in [0.29, 0.717) is 22.4 Å². The fourth-order valence-electron chi connectivity index (χ4n) is 2.10. The molecule has 1 aromatic rings. The Kier molecular flexibility index (Phi) is 4.96. The van der Waals surface area contributed by atoms with E-state index < -0.39 is 0 Å². The highest BCUT2D eigenvalue weighted by Gasteiger charge is 2.13. The van der Waals surface area contributed by atoms with E-state index in [-0.39, 0.29) is 0 Å². The molecule has 0 amide bonds. The Morgan fingerprint density at radius 3 is 3.00 bits per heavy atom. The third-order valence-corrected chi connectivity index (χ3v) is 3.90. The highest BCUT2D eigenvalue weighted by Crippen LogP contribution is 2.31. The lowest BCUT2D eigenvalue weighted by Gasteiger charge is -2.22. The third kappa shape index (κ3) is 3.77. The Morgan fingerprint density at radius 1 is 1.35 bits per heavy atom. The van der Waals surface area contributed by atoms with Crippen LogP contribution in [0.2, 0.25) is 10.0 Å². The molecule has 1 atom stereocenters. The summed E-state index contributed by atoms with van der Waals surface area (Å²) in [4.78, 5) is 0. The van der Waals surface area contributed by atoms with Crippen LogP contribution in [0.3, 0.4) is 0 Å². The van der Waals surface area contributed by atoms with Crippen LogP contribution in [0.5, 0.6) is 5.75 Å². The van der Waals surface area contributed by atoms with Crippen molar-refractivity contribution < 1.29 is 4.74 Å². The molecule has 0 radical (unpaired) electrons. The molecule has 1 fully saturated rings. The molecule has 1 N–H and O–H groups in total. The maximum Gasteiger partial charge on any atom is 0.139 e. The van der Waals surface area contributed by atoms with Gasteiger partial charge in [0, 0.05) is 0 Å².